The van der Waals surface area contributed by atoms with Crippen LogP contribution in [0.5, 0.6) is 5.75 Å². The highest BCUT2D eigenvalue weighted by molar-refractivity contribution is 6.49. The van der Waals surface area contributed by atoms with E-state index in [1.54, 1.807) is 0 Å². The van der Waals surface area contributed by atoms with Crippen molar-refractivity contribution in [3.63, 3.8) is 0 Å². The number of halogens is 3. The van der Waals surface area contributed by atoms with E-state index in [9.17, 15) is 13.2 Å². The quantitative estimate of drug-likeness (QED) is 0.554. The zero-order valence-electron chi connectivity index (χ0n) is 9.08. The summed E-state index contributed by atoms with van der Waals surface area (Å²) < 4.78 is 44.2. The molecule has 0 aromatic heterocycles. The summed E-state index contributed by atoms with van der Waals surface area (Å²) in [6.45, 7) is 0. The average molecular weight is 242 g/mol. The second kappa shape index (κ2) is 4.02. The molecule has 2 rings (SSSR count). The molecule has 0 atom stereocenters. The van der Waals surface area contributed by atoms with Crippen LogP contribution in [0.15, 0.2) is 12.1 Å². The van der Waals surface area contributed by atoms with E-state index in [1.807, 2.05) is 0 Å². The molecule has 2 nitrogen and oxygen atoms in total. The molecule has 9 heteroatoms. The maximum Gasteiger partial charge on any atom is 0.200 e. The maximum absolute atomic E-state index is 13.4. The summed E-state index contributed by atoms with van der Waals surface area (Å²) in [7, 11) is 21.9. The van der Waals surface area contributed by atoms with Crippen LogP contribution >= 0.6 is 0 Å². The number of nitrogens with one attached hydrogen (secondary N) is 1. The van der Waals surface area contributed by atoms with Gasteiger partial charge >= 0.3 is 0 Å². The summed E-state index contributed by atoms with van der Waals surface area (Å²) in [5, 5.41) is -0.899. The third kappa shape index (κ3) is 2.16. The summed E-state index contributed by atoms with van der Waals surface area (Å²) in [4.78, 5) is 0. The van der Waals surface area contributed by atoms with E-state index in [0.717, 1.165) is 0 Å². The molecular formula is C9H4B4F3NO. The highest BCUT2D eigenvalue weighted by atomic mass is 19.2. The number of benzene rings is 1. The van der Waals surface area contributed by atoms with Crippen LogP contribution in [0.2, 0.25) is 0 Å². The fourth-order valence-electron chi connectivity index (χ4n) is 1.76. The normalized spacial score (nSPS) is 21.3. The van der Waals surface area contributed by atoms with E-state index >= 15 is 0 Å². The predicted molar refractivity (Wildman–Crippen MR) is 62.3 cm³/mol. The van der Waals surface area contributed by atoms with Crippen molar-refractivity contribution in [1.82, 2.24) is 5.32 Å². The molecule has 84 valence electrons. The SMILES string of the molecule is [B]C1([B])NC([B])([B])C1Oc1cc(F)cc(F)c1F. The van der Waals surface area contributed by atoms with Crippen LogP contribution < -0.4 is 10.1 Å². The van der Waals surface area contributed by atoms with E-state index in [4.69, 9.17) is 36.1 Å². The Balaban J connectivity index is 2.30. The van der Waals surface area contributed by atoms with Crippen LogP contribution in [0.1, 0.15) is 0 Å². The summed E-state index contributed by atoms with van der Waals surface area (Å²) in [6, 6.07) is 1.01. The molecule has 0 bridgehead atoms. The second-order valence-electron chi connectivity index (χ2n) is 4.19. The average Bonchev–Trinajstić information content (AvgIpc) is 2.19. The van der Waals surface area contributed by atoms with Crippen molar-refractivity contribution in [2.75, 3.05) is 0 Å². The second-order valence-corrected chi connectivity index (χ2v) is 4.19. The topological polar surface area (TPSA) is 21.3 Å². The summed E-state index contributed by atoms with van der Waals surface area (Å²) >= 11 is 0. The molecule has 1 aromatic rings. The molecule has 0 amide bonds. The molecule has 0 saturated carbocycles. The van der Waals surface area contributed by atoms with Crippen LogP contribution in [0.4, 0.5) is 13.2 Å². The van der Waals surface area contributed by atoms with Gasteiger partial charge in [-0.2, -0.15) is 4.39 Å². The first-order valence-corrected chi connectivity index (χ1v) is 4.89. The zero-order chi connectivity index (χ0) is 13.7. The fourth-order valence-corrected chi connectivity index (χ4v) is 1.76. The zero-order valence-corrected chi connectivity index (χ0v) is 9.08. The van der Waals surface area contributed by atoms with E-state index in [0.29, 0.717) is 12.1 Å². The Labute approximate surface area is 107 Å². The van der Waals surface area contributed by atoms with Crippen LogP contribution in [-0.2, 0) is 0 Å². The van der Waals surface area contributed by atoms with Gasteiger partial charge in [0.1, 0.15) is 11.9 Å². The molecular weight excluding hydrogens is 238 g/mol. The molecule has 1 N–H and O–H groups in total. The van der Waals surface area contributed by atoms with Crippen LogP contribution in [0, 0.1) is 17.5 Å². The summed E-state index contributed by atoms with van der Waals surface area (Å²) in [5.74, 6) is -4.51. The minimum atomic E-state index is -1.63. The van der Waals surface area contributed by atoms with Crippen molar-refractivity contribution in [2.24, 2.45) is 0 Å². The largest absolute Gasteiger partial charge is 0.487 e. The molecule has 1 aliphatic rings. The van der Waals surface area contributed by atoms with Gasteiger partial charge in [0.25, 0.3) is 0 Å². The van der Waals surface area contributed by atoms with Crippen molar-refractivity contribution in [1.29, 1.82) is 0 Å². The minimum absolute atomic E-state index is 0.373. The van der Waals surface area contributed by atoms with Gasteiger partial charge in [0.2, 0.25) is 5.82 Å². The van der Waals surface area contributed by atoms with Gasteiger partial charge in [0, 0.05) is 12.1 Å². The van der Waals surface area contributed by atoms with Crippen molar-refractivity contribution in [3.8, 4) is 5.75 Å². The Morgan fingerprint density at radius 1 is 1.06 bits per heavy atom. The van der Waals surface area contributed by atoms with Crippen LogP contribution in [-0.4, -0.2) is 48.2 Å². The molecule has 1 aromatic carbocycles. The highest BCUT2D eigenvalue weighted by Gasteiger charge is 2.52. The Bertz CT molecular complexity index is 483. The van der Waals surface area contributed by atoms with Gasteiger partial charge in [-0.05, 0) is 10.7 Å². The lowest BCUT2D eigenvalue weighted by Crippen LogP contribution is -2.86. The Morgan fingerprint density at radius 3 is 2.11 bits per heavy atom. The summed E-state index contributed by atoms with van der Waals surface area (Å²) in [6.07, 6.45) is -1.26. The van der Waals surface area contributed by atoms with E-state index < -0.39 is 40.0 Å². The third-order valence-corrected chi connectivity index (χ3v) is 2.51. The number of ether oxygens (including phenoxy) is 1. The molecule has 1 fully saturated rings. The van der Waals surface area contributed by atoms with Gasteiger partial charge in [-0.1, -0.05) is 0 Å². The van der Waals surface area contributed by atoms with Crippen molar-refractivity contribution in [3.05, 3.63) is 29.6 Å². The molecule has 1 aliphatic heterocycles. The van der Waals surface area contributed by atoms with Crippen molar-refractivity contribution < 1.29 is 17.9 Å². The molecule has 1 saturated heterocycles. The first-order valence-electron chi connectivity index (χ1n) is 4.89. The van der Waals surface area contributed by atoms with Crippen LogP contribution in [0.3, 0.4) is 0 Å². The van der Waals surface area contributed by atoms with Gasteiger partial charge in [0.05, 0.1) is 31.4 Å². The first-order chi connectivity index (χ1) is 8.13. The lowest BCUT2D eigenvalue weighted by Gasteiger charge is -2.60. The van der Waals surface area contributed by atoms with Crippen LogP contribution in [0.25, 0.3) is 0 Å². The number of hydrogen-bond donors (Lipinski definition) is 1. The molecule has 0 unspecified atom stereocenters. The van der Waals surface area contributed by atoms with E-state index in [2.05, 4.69) is 5.32 Å². The monoisotopic (exact) mass is 243 g/mol. The molecule has 0 spiro atoms. The predicted octanol–water partition coefficient (Wildman–Crippen LogP) is -0.564. The Hall–Kier alpha value is -0.970. The van der Waals surface area contributed by atoms with Gasteiger partial charge in [-0.15, -0.1) is 0 Å². The van der Waals surface area contributed by atoms with Gasteiger partial charge in [0.15, 0.2) is 11.6 Å². The first kappa shape index (κ1) is 13.5. The maximum atomic E-state index is 13.4. The van der Waals surface area contributed by atoms with Crippen molar-refractivity contribution >= 4 is 31.4 Å². The molecule has 1 heterocycles. The number of hydrogen-bond acceptors (Lipinski definition) is 2. The summed E-state index contributed by atoms with van der Waals surface area (Å²) in [5.41, 5.74) is 0. The van der Waals surface area contributed by atoms with Gasteiger partial charge in [-0.3, -0.25) is 0 Å². The number of rotatable bonds is 2. The minimum Gasteiger partial charge on any atom is -0.487 e. The van der Waals surface area contributed by atoms with E-state index in [1.165, 1.54) is 0 Å². The van der Waals surface area contributed by atoms with Crippen molar-refractivity contribution in [2.45, 2.75) is 16.8 Å². The van der Waals surface area contributed by atoms with E-state index in [-0.39, 0.29) is 0 Å². The molecule has 18 heavy (non-hydrogen) atoms. The Morgan fingerprint density at radius 2 is 1.61 bits per heavy atom. The molecule has 0 aliphatic carbocycles. The van der Waals surface area contributed by atoms with Gasteiger partial charge in [-0.25, -0.2) is 8.78 Å². The third-order valence-electron chi connectivity index (χ3n) is 2.51. The lowest BCUT2D eigenvalue weighted by atomic mass is 9.38. The fraction of sp³-hybridized carbons (Fsp3) is 0.333. The lowest BCUT2D eigenvalue weighted by molar-refractivity contribution is 0.0568. The molecule has 8 radical (unpaired) electrons. The standard InChI is InChI=1S/C9H4B4F3NO/c10-8(11)7(9(12,13)17-8)18-5-2-3(14)1-4(15)6(5)16/h1-2,7,17H. The highest BCUT2D eigenvalue weighted by Crippen LogP contribution is 2.32. The Kier molecular flexibility index (Phi) is 3.00. The smallest absolute Gasteiger partial charge is 0.200 e. The van der Waals surface area contributed by atoms with Gasteiger partial charge < -0.3 is 10.1 Å².